The van der Waals surface area contributed by atoms with E-state index in [2.05, 4.69) is 10.6 Å². The van der Waals surface area contributed by atoms with E-state index in [1.165, 1.54) is 24.1 Å². The van der Waals surface area contributed by atoms with Gasteiger partial charge >= 0.3 is 0 Å². The molecule has 2 N–H and O–H groups in total. The van der Waals surface area contributed by atoms with Crippen LogP contribution in [0.1, 0.15) is 0 Å². The molecule has 0 bridgehead atoms. The molecule has 0 unspecified atom stereocenters. The first-order valence-corrected chi connectivity index (χ1v) is 8.10. The summed E-state index contributed by atoms with van der Waals surface area (Å²) < 4.78 is 18.0. The molecule has 0 radical (unpaired) electrons. The number of carbonyl (C=O) groups is 1. The van der Waals surface area contributed by atoms with Crippen LogP contribution in [0.15, 0.2) is 42.5 Å². The van der Waals surface area contributed by atoms with Crippen LogP contribution in [0.25, 0.3) is 0 Å². The maximum atomic E-state index is 12.9. The molecule has 0 spiro atoms. The quantitative estimate of drug-likeness (QED) is 0.777. The first-order chi connectivity index (χ1) is 11.9. The third-order valence-electron chi connectivity index (χ3n) is 3.40. The number of amides is 1. The van der Waals surface area contributed by atoms with Gasteiger partial charge in [-0.2, -0.15) is 0 Å². The van der Waals surface area contributed by atoms with Crippen LogP contribution >= 0.6 is 23.8 Å². The van der Waals surface area contributed by atoms with Gasteiger partial charge in [0.15, 0.2) is 5.11 Å². The lowest BCUT2D eigenvalue weighted by Gasteiger charge is -2.19. The zero-order chi connectivity index (χ0) is 18.4. The van der Waals surface area contributed by atoms with Crippen LogP contribution in [-0.2, 0) is 4.79 Å². The highest BCUT2D eigenvalue weighted by molar-refractivity contribution is 7.80. The summed E-state index contributed by atoms with van der Waals surface area (Å²) in [6.45, 7) is -0.00549. The molecule has 0 fully saturated rings. The van der Waals surface area contributed by atoms with E-state index in [0.29, 0.717) is 22.1 Å². The molecular formula is C17H17ClFN3O2S. The second-order valence-electron chi connectivity index (χ2n) is 5.09. The smallest absolute Gasteiger partial charge is 0.246 e. The lowest BCUT2D eigenvalue weighted by molar-refractivity contribution is -0.117. The highest BCUT2D eigenvalue weighted by atomic mass is 35.5. The van der Waals surface area contributed by atoms with Crippen molar-refractivity contribution < 1.29 is 13.9 Å². The first-order valence-electron chi connectivity index (χ1n) is 7.31. The van der Waals surface area contributed by atoms with Crippen molar-refractivity contribution in [2.45, 2.75) is 0 Å². The number of thiocarbonyl (C=S) groups is 1. The fourth-order valence-corrected chi connectivity index (χ4v) is 2.37. The average molecular weight is 382 g/mol. The number of hydrogen-bond acceptors (Lipinski definition) is 3. The standard InChI is InChI=1S/C17H17ClFN3O2S/c1-22(13-7-8-14(18)15(9-13)24-2)16(23)10-20-17(25)21-12-5-3-11(19)4-6-12/h3-9H,10H2,1-2H3,(H2,20,21,25). The van der Waals surface area contributed by atoms with Crippen molar-refractivity contribution in [1.29, 1.82) is 0 Å². The molecule has 0 aliphatic carbocycles. The van der Waals surface area contributed by atoms with E-state index >= 15 is 0 Å². The number of hydrogen-bond donors (Lipinski definition) is 2. The number of ether oxygens (including phenoxy) is 1. The Kier molecular flexibility index (Phi) is 6.55. The third-order valence-corrected chi connectivity index (χ3v) is 3.96. The fraction of sp³-hybridized carbons (Fsp3) is 0.176. The molecule has 2 rings (SSSR count). The summed E-state index contributed by atoms with van der Waals surface area (Å²) >= 11 is 11.1. The number of benzene rings is 2. The summed E-state index contributed by atoms with van der Waals surface area (Å²) in [6.07, 6.45) is 0. The van der Waals surface area contributed by atoms with Crippen LogP contribution in [0.2, 0.25) is 5.02 Å². The minimum atomic E-state index is -0.334. The van der Waals surface area contributed by atoms with E-state index in [4.69, 9.17) is 28.6 Å². The Balaban J connectivity index is 1.90. The first kappa shape index (κ1) is 19.0. The van der Waals surface area contributed by atoms with Gasteiger partial charge in [-0.25, -0.2) is 4.39 Å². The van der Waals surface area contributed by atoms with Gasteiger partial charge in [0.05, 0.1) is 18.7 Å². The van der Waals surface area contributed by atoms with Crippen LogP contribution < -0.4 is 20.3 Å². The molecule has 5 nitrogen and oxygen atoms in total. The minimum Gasteiger partial charge on any atom is -0.495 e. The minimum absolute atomic E-state index is 0.00549. The van der Waals surface area contributed by atoms with Gasteiger partial charge < -0.3 is 20.3 Å². The predicted molar refractivity (Wildman–Crippen MR) is 102 cm³/mol. The number of nitrogens with one attached hydrogen (secondary N) is 2. The SMILES string of the molecule is COc1cc(N(C)C(=O)CNC(=S)Nc2ccc(F)cc2)ccc1Cl. The second kappa shape index (κ2) is 8.64. The molecule has 132 valence electrons. The van der Waals surface area contributed by atoms with Gasteiger partial charge in [-0.15, -0.1) is 0 Å². The Hall–Kier alpha value is -2.38. The summed E-state index contributed by atoms with van der Waals surface area (Å²) in [5.41, 5.74) is 1.27. The molecule has 0 saturated carbocycles. The van der Waals surface area contributed by atoms with Crippen molar-refractivity contribution in [2.24, 2.45) is 0 Å². The van der Waals surface area contributed by atoms with Gasteiger partial charge in [-0.05, 0) is 48.6 Å². The predicted octanol–water partition coefficient (Wildman–Crippen LogP) is 3.44. The van der Waals surface area contributed by atoms with Gasteiger partial charge in [0.1, 0.15) is 11.6 Å². The molecule has 0 heterocycles. The molecule has 0 atom stereocenters. The monoisotopic (exact) mass is 381 g/mol. The fourth-order valence-electron chi connectivity index (χ4n) is 1.98. The molecule has 2 aromatic carbocycles. The van der Waals surface area contributed by atoms with E-state index in [1.807, 2.05) is 0 Å². The number of halogens is 2. The molecule has 0 saturated heterocycles. The molecule has 0 aromatic heterocycles. The van der Waals surface area contributed by atoms with Crippen molar-refractivity contribution in [3.63, 3.8) is 0 Å². The molecule has 1 amide bonds. The third kappa shape index (κ3) is 5.30. The number of methoxy groups -OCH3 is 1. The molecular weight excluding hydrogens is 365 g/mol. The lowest BCUT2D eigenvalue weighted by atomic mass is 10.2. The van der Waals surface area contributed by atoms with Crippen LogP contribution in [0, 0.1) is 5.82 Å². The Morgan fingerprint density at radius 2 is 1.96 bits per heavy atom. The Bertz CT molecular complexity index is 771. The van der Waals surface area contributed by atoms with Crippen LogP contribution in [0.4, 0.5) is 15.8 Å². The maximum Gasteiger partial charge on any atom is 0.246 e. The highest BCUT2D eigenvalue weighted by Crippen LogP contribution is 2.28. The molecule has 25 heavy (non-hydrogen) atoms. The van der Waals surface area contributed by atoms with Crippen molar-refractivity contribution in [1.82, 2.24) is 5.32 Å². The van der Waals surface area contributed by atoms with Crippen LogP contribution in [-0.4, -0.2) is 31.7 Å². The van der Waals surface area contributed by atoms with E-state index in [0.717, 1.165) is 0 Å². The van der Waals surface area contributed by atoms with Gasteiger partial charge in [-0.3, -0.25) is 4.79 Å². The molecule has 2 aromatic rings. The van der Waals surface area contributed by atoms with E-state index < -0.39 is 0 Å². The number of nitrogens with zero attached hydrogens (tertiary/aromatic N) is 1. The van der Waals surface area contributed by atoms with Gasteiger partial charge in [0.2, 0.25) is 5.91 Å². The van der Waals surface area contributed by atoms with Crippen molar-refractivity contribution in [3.05, 3.63) is 53.3 Å². The Morgan fingerprint density at radius 1 is 1.28 bits per heavy atom. The normalized spacial score (nSPS) is 10.1. The average Bonchev–Trinajstić information content (AvgIpc) is 2.61. The largest absolute Gasteiger partial charge is 0.495 e. The summed E-state index contributed by atoms with van der Waals surface area (Å²) in [5, 5.41) is 6.42. The topological polar surface area (TPSA) is 53.6 Å². The molecule has 8 heteroatoms. The lowest BCUT2D eigenvalue weighted by Crippen LogP contribution is -2.39. The van der Waals surface area contributed by atoms with Crippen molar-refractivity contribution in [2.75, 3.05) is 30.9 Å². The van der Waals surface area contributed by atoms with E-state index in [1.54, 1.807) is 37.4 Å². The number of anilines is 2. The molecule has 0 aliphatic heterocycles. The zero-order valence-corrected chi connectivity index (χ0v) is 15.2. The molecule has 0 aliphatic rings. The summed E-state index contributed by atoms with van der Waals surface area (Å²) in [6, 6.07) is 10.8. The summed E-state index contributed by atoms with van der Waals surface area (Å²) in [7, 11) is 3.15. The highest BCUT2D eigenvalue weighted by Gasteiger charge is 2.13. The number of rotatable bonds is 5. The zero-order valence-electron chi connectivity index (χ0n) is 13.7. The number of carbonyl (C=O) groups excluding carboxylic acids is 1. The van der Waals surface area contributed by atoms with Crippen LogP contribution in [0.3, 0.4) is 0 Å². The Labute approximate surface area is 155 Å². The Morgan fingerprint density at radius 3 is 2.60 bits per heavy atom. The van der Waals surface area contributed by atoms with Crippen molar-refractivity contribution in [3.8, 4) is 5.75 Å². The van der Waals surface area contributed by atoms with Gasteiger partial charge in [0.25, 0.3) is 0 Å². The second-order valence-corrected chi connectivity index (χ2v) is 5.90. The van der Waals surface area contributed by atoms with E-state index in [-0.39, 0.29) is 23.4 Å². The summed E-state index contributed by atoms with van der Waals surface area (Å²) in [4.78, 5) is 13.7. The van der Waals surface area contributed by atoms with Crippen molar-refractivity contribution >= 4 is 46.2 Å². The number of likely N-dealkylation sites (N-methyl/N-ethyl adjacent to an activating group) is 1. The summed E-state index contributed by atoms with van der Waals surface area (Å²) in [5.74, 6) is -0.0486. The van der Waals surface area contributed by atoms with Gasteiger partial charge in [-0.1, -0.05) is 11.6 Å². The maximum absolute atomic E-state index is 12.9. The van der Waals surface area contributed by atoms with Gasteiger partial charge in [0, 0.05) is 24.5 Å². The van der Waals surface area contributed by atoms with Crippen LogP contribution in [0.5, 0.6) is 5.75 Å². The van der Waals surface area contributed by atoms with E-state index in [9.17, 15) is 9.18 Å².